The monoisotopic (exact) mass is 388 g/mol. The van der Waals surface area contributed by atoms with Crippen LogP contribution in [0.15, 0.2) is 47.4 Å². The summed E-state index contributed by atoms with van der Waals surface area (Å²) >= 11 is 0. The molecule has 0 unspecified atom stereocenters. The van der Waals surface area contributed by atoms with Crippen LogP contribution in [0.4, 0.5) is 11.4 Å². The number of benzene rings is 2. The van der Waals surface area contributed by atoms with Gasteiger partial charge >= 0.3 is 5.97 Å². The Balaban J connectivity index is 1.79. The van der Waals surface area contributed by atoms with Crippen molar-refractivity contribution in [1.29, 1.82) is 0 Å². The minimum atomic E-state index is -3.80. The Morgan fingerprint density at radius 2 is 1.85 bits per heavy atom. The predicted molar refractivity (Wildman–Crippen MR) is 101 cm³/mol. The number of carbonyl (C=O) groups is 2. The molecule has 0 aliphatic carbocycles. The summed E-state index contributed by atoms with van der Waals surface area (Å²) in [5.41, 5.74) is 2.44. The van der Waals surface area contributed by atoms with E-state index in [2.05, 4.69) is 4.72 Å². The van der Waals surface area contributed by atoms with E-state index in [1.54, 1.807) is 30.0 Å². The Hall–Kier alpha value is -2.87. The first-order chi connectivity index (χ1) is 12.8. The highest BCUT2D eigenvalue weighted by molar-refractivity contribution is 7.92. The Morgan fingerprint density at radius 1 is 1.15 bits per heavy atom. The van der Waals surface area contributed by atoms with Gasteiger partial charge in [0.2, 0.25) is 5.91 Å². The van der Waals surface area contributed by atoms with Crippen LogP contribution in [0, 0.1) is 0 Å². The zero-order valence-electron chi connectivity index (χ0n) is 15.1. The predicted octanol–water partition coefficient (Wildman–Crippen LogP) is 2.57. The highest BCUT2D eigenvalue weighted by Gasteiger charge is 2.23. The summed E-state index contributed by atoms with van der Waals surface area (Å²) in [5.74, 6) is -0.535. The second kappa shape index (κ2) is 7.40. The number of hydrogen-bond acceptors (Lipinski definition) is 5. The van der Waals surface area contributed by atoms with Crippen LogP contribution in [0.2, 0.25) is 0 Å². The highest BCUT2D eigenvalue weighted by Crippen LogP contribution is 2.31. The first-order valence-electron chi connectivity index (χ1n) is 8.53. The van der Waals surface area contributed by atoms with Gasteiger partial charge in [-0.15, -0.1) is 0 Å². The Kier molecular flexibility index (Phi) is 5.18. The van der Waals surface area contributed by atoms with Crippen LogP contribution < -0.4 is 9.62 Å². The number of anilines is 2. The number of fused-ring (bicyclic) bond motifs is 1. The van der Waals surface area contributed by atoms with Crippen LogP contribution in [0.25, 0.3) is 0 Å². The molecule has 7 nitrogen and oxygen atoms in total. The van der Waals surface area contributed by atoms with Crippen LogP contribution >= 0.6 is 0 Å². The number of carbonyl (C=O) groups excluding carboxylic acids is 2. The fourth-order valence-electron chi connectivity index (χ4n) is 2.99. The molecule has 0 radical (unpaired) electrons. The lowest BCUT2D eigenvalue weighted by molar-refractivity contribution is -0.116. The van der Waals surface area contributed by atoms with Crippen molar-refractivity contribution in [1.82, 2.24) is 0 Å². The van der Waals surface area contributed by atoms with Crippen molar-refractivity contribution in [2.24, 2.45) is 0 Å². The van der Waals surface area contributed by atoms with E-state index in [-0.39, 0.29) is 23.0 Å². The summed E-state index contributed by atoms with van der Waals surface area (Å²) in [7, 11) is -3.80. The summed E-state index contributed by atoms with van der Waals surface area (Å²) in [6, 6.07) is 10.7. The Morgan fingerprint density at radius 3 is 2.48 bits per heavy atom. The van der Waals surface area contributed by atoms with Crippen LogP contribution in [0.3, 0.4) is 0 Å². The number of ether oxygens (including phenoxy) is 1. The molecule has 142 valence electrons. The quantitative estimate of drug-likeness (QED) is 0.795. The second-order valence-corrected chi connectivity index (χ2v) is 7.80. The van der Waals surface area contributed by atoms with Crippen molar-refractivity contribution >= 4 is 33.3 Å². The van der Waals surface area contributed by atoms with Crippen LogP contribution in [-0.2, 0) is 26.0 Å². The van der Waals surface area contributed by atoms with E-state index >= 15 is 0 Å². The van der Waals surface area contributed by atoms with E-state index in [1.807, 2.05) is 0 Å². The highest BCUT2D eigenvalue weighted by atomic mass is 32.2. The lowest BCUT2D eigenvalue weighted by Crippen LogP contribution is -2.25. The first kappa shape index (κ1) is 18.9. The number of nitrogens with one attached hydrogen (secondary N) is 1. The molecular formula is C19H20N2O5S. The minimum absolute atomic E-state index is 0.0382. The molecule has 0 aromatic heterocycles. The van der Waals surface area contributed by atoms with Gasteiger partial charge in [-0.25, -0.2) is 13.2 Å². The molecular weight excluding hydrogens is 368 g/mol. The topological polar surface area (TPSA) is 92.8 Å². The number of amides is 1. The van der Waals surface area contributed by atoms with E-state index in [0.717, 1.165) is 11.3 Å². The average Bonchev–Trinajstić information content (AvgIpc) is 3.05. The van der Waals surface area contributed by atoms with Crippen molar-refractivity contribution in [3.63, 3.8) is 0 Å². The second-order valence-electron chi connectivity index (χ2n) is 6.11. The van der Waals surface area contributed by atoms with Gasteiger partial charge in [0.1, 0.15) is 0 Å². The largest absolute Gasteiger partial charge is 0.462 e. The zero-order chi connectivity index (χ0) is 19.6. The maximum absolute atomic E-state index is 12.6. The third kappa shape index (κ3) is 3.95. The van der Waals surface area contributed by atoms with Gasteiger partial charge in [-0.3, -0.25) is 9.52 Å². The molecule has 3 rings (SSSR count). The molecule has 0 atom stereocenters. The number of esters is 1. The van der Waals surface area contributed by atoms with E-state index in [9.17, 15) is 18.0 Å². The van der Waals surface area contributed by atoms with E-state index in [4.69, 9.17) is 4.74 Å². The van der Waals surface area contributed by atoms with Crippen molar-refractivity contribution in [3.8, 4) is 0 Å². The molecule has 8 heteroatoms. The normalized spacial score (nSPS) is 13.2. The zero-order valence-corrected chi connectivity index (χ0v) is 15.9. The van der Waals surface area contributed by atoms with Crippen molar-refractivity contribution in [2.75, 3.05) is 22.8 Å². The lowest BCUT2D eigenvalue weighted by atomic mass is 10.1. The molecule has 1 N–H and O–H groups in total. The molecule has 1 heterocycles. The number of hydrogen-bond donors (Lipinski definition) is 1. The third-order valence-corrected chi connectivity index (χ3v) is 5.68. The average molecular weight is 388 g/mol. The maximum atomic E-state index is 12.6. The molecule has 1 aliphatic rings. The first-order valence-corrected chi connectivity index (χ1v) is 10.0. The molecule has 27 heavy (non-hydrogen) atoms. The molecule has 0 spiro atoms. The summed E-state index contributed by atoms with van der Waals surface area (Å²) in [6.45, 7) is 4.05. The SMILES string of the molecule is CCOC(=O)c1ccc(S(=O)(=O)Nc2ccc3c(c2)CCN3C(C)=O)cc1. The molecule has 0 saturated heterocycles. The molecule has 1 aliphatic heterocycles. The molecule has 2 aromatic rings. The number of rotatable bonds is 5. The van der Waals surface area contributed by atoms with Gasteiger partial charge in [0.05, 0.1) is 17.1 Å². The van der Waals surface area contributed by atoms with Gasteiger partial charge in [-0.1, -0.05) is 0 Å². The minimum Gasteiger partial charge on any atom is -0.462 e. The fraction of sp³-hybridized carbons (Fsp3) is 0.263. The molecule has 0 saturated carbocycles. The summed E-state index contributed by atoms with van der Waals surface area (Å²) in [5, 5.41) is 0. The van der Waals surface area contributed by atoms with Crippen molar-refractivity contribution < 1.29 is 22.7 Å². The van der Waals surface area contributed by atoms with Gasteiger partial charge in [-0.05, 0) is 61.4 Å². The third-order valence-electron chi connectivity index (χ3n) is 4.28. The Labute approximate surface area is 158 Å². The van der Waals surface area contributed by atoms with Crippen LogP contribution in [0.5, 0.6) is 0 Å². The van der Waals surface area contributed by atoms with Crippen LogP contribution in [0.1, 0.15) is 29.8 Å². The lowest BCUT2D eigenvalue weighted by Gasteiger charge is -2.15. The van der Waals surface area contributed by atoms with Crippen LogP contribution in [-0.4, -0.2) is 33.4 Å². The van der Waals surface area contributed by atoms with Gasteiger partial charge in [0.25, 0.3) is 10.0 Å². The van der Waals surface area contributed by atoms with E-state index in [0.29, 0.717) is 18.7 Å². The van der Waals surface area contributed by atoms with Gasteiger partial charge in [-0.2, -0.15) is 0 Å². The number of sulfonamides is 1. The summed E-state index contributed by atoms with van der Waals surface area (Å²) in [6.07, 6.45) is 0.679. The van der Waals surface area contributed by atoms with E-state index < -0.39 is 16.0 Å². The van der Waals surface area contributed by atoms with Crippen molar-refractivity contribution in [3.05, 3.63) is 53.6 Å². The molecule has 2 aromatic carbocycles. The fourth-order valence-corrected chi connectivity index (χ4v) is 4.04. The van der Waals surface area contributed by atoms with Gasteiger partial charge in [0.15, 0.2) is 0 Å². The van der Waals surface area contributed by atoms with Crippen molar-refractivity contribution in [2.45, 2.75) is 25.2 Å². The molecule has 0 bridgehead atoms. The maximum Gasteiger partial charge on any atom is 0.338 e. The number of nitrogens with zero attached hydrogens (tertiary/aromatic N) is 1. The molecule has 1 amide bonds. The summed E-state index contributed by atoms with van der Waals surface area (Å²) < 4.78 is 32.6. The summed E-state index contributed by atoms with van der Waals surface area (Å²) in [4.78, 5) is 25.0. The molecule has 0 fully saturated rings. The van der Waals surface area contributed by atoms with Gasteiger partial charge < -0.3 is 9.64 Å². The standard InChI is InChI=1S/C19H20N2O5S/c1-3-26-19(23)14-4-7-17(8-5-14)27(24,25)20-16-6-9-18-15(12-16)10-11-21(18)13(2)22/h4-9,12,20H,3,10-11H2,1-2H3. The Bertz CT molecular complexity index is 984. The van der Waals surface area contributed by atoms with E-state index in [1.165, 1.54) is 31.2 Å². The van der Waals surface area contributed by atoms with Gasteiger partial charge in [0, 0.05) is 24.8 Å². The smallest absolute Gasteiger partial charge is 0.338 e.